The normalized spacial score (nSPS) is 35.1. The fourth-order valence-electron chi connectivity index (χ4n) is 2.28. The molecule has 2 fully saturated rings. The number of hydrogen-bond donors (Lipinski definition) is 0. The van der Waals surface area contributed by atoms with Gasteiger partial charge in [-0.05, 0) is 6.42 Å². The van der Waals surface area contributed by atoms with E-state index >= 15 is 0 Å². The van der Waals surface area contributed by atoms with Gasteiger partial charge < -0.3 is 9.47 Å². The van der Waals surface area contributed by atoms with E-state index in [9.17, 15) is 4.79 Å². The Balaban J connectivity index is 1.96. The van der Waals surface area contributed by atoms with Crippen molar-refractivity contribution in [1.82, 2.24) is 4.90 Å². The van der Waals surface area contributed by atoms with Crippen LogP contribution in [0.4, 0.5) is 0 Å². The zero-order valence-electron chi connectivity index (χ0n) is 8.57. The van der Waals surface area contributed by atoms with E-state index in [-0.39, 0.29) is 6.10 Å². The molecule has 0 N–H and O–H groups in total. The van der Waals surface area contributed by atoms with Gasteiger partial charge in [-0.3, -0.25) is 9.69 Å². The molecule has 14 heavy (non-hydrogen) atoms. The molecule has 2 atom stereocenters. The molecule has 2 saturated heterocycles. The van der Waals surface area contributed by atoms with Crippen molar-refractivity contribution in [2.24, 2.45) is 0 Å². The molecule has 4 heteroatoms. The van der Waals surface area contributed by atoms with Gasteiger partial charge >= 0.3 is 0 Å². The first-order chi connectivity index (χ1) is 6.81. The molecular weight excluding hydrogens is 182 g/mol. The Morgan fingerprint density at radius 1 is 1.57 bits per heavy atom. The lowest BCUT2D eigenvalue weighted by molar-refractivity contribution is -0.118. The van der Waals surface area contributed by atoms with E-state index in [0.717, 1.165) is 19.6 Å². The van der Waals surface area contributed by atoms with E-state index in [2.05, 4.69) is 4.90 Å². The van der Waals surface area contributed by atoms with Crippen LogP contribution in [0.2, 0.25) is 0 Å². The molecule has 0 aliphatic carbocycles. The standard InChI is InChI=1S/C10H17NO3/c1-13-10-7-14-5-3-9(10)11-4-2-8(12)6-11/h9-10H,2-7H2,1H3. The Bertz CT molecular complexity index is 219. The van der Waals surface area contributed by atoms with Crippen LogP contribution in [0.1, 0.15) is 12.8 Å². The summed E-state index contributed by atoms with van der Waals surface area (Å²) in [5.74, 6) is 0.353. The van der Waals surface area contributed by atoms with E-state index in [4.69, 9.17) is 9.47 Å². The van der Waals surface area contributed by atoms with Crippen molar-refractivity contribution in [3.05, 3.63) is 0 Å². The summed E-state index contributed by atoms with van der Waals surface area (Å²) in [6.45, 7) is 2.94. The molecule has 2 unspecified atom stereocenters. The first-order valence-electron chi connectivity index (χ1n) is 5.17. The highest BCUT2D eigenvalue weighted by Crippen LogP contribution is 2.20. The molecule has 4 nitrogen and oxygen atoms in total. The molecule has 0 radical (unpaired) electrons. The Hall–Kier alpha value is -0.450. The predicted octanol–water partition coefficient (Wildman–Crippen LogP) is 0.0651. The van der Waals surface area contributed by atoms with Crippen LogP contribution in [0.5, 0.6) is 0 Å². The van der Waals surface area contributed by atoms with E-state index in [1.165, 1.54) is 0 Å². The molecule has 2 heterocycles. The van der Waals surface area contributed by atoms with Gasteiger partial charge in [-0.25, -0.2) is 0 Å². The summed E-state index contributed by atoms with van der Waals surface area (Å²) in [4.78, 5) is 13.4. The molecule has 0 saturated carbocycles. The number of carbonyl (C=O) groups excluding carboxylic acids is 1. The third-order valence-electron chi connectivity index (χ3n) is 3.10. The van der Waals surface area contributed by atoms with Crippen LogP contribution in [0.3, 0.4) is 0 Å². The van der Waals surface area contributed by atoms with Crippen molar-refractivity contribution in [2.45, 2.75) is 25.0 Å². The van der Waals surface area contributed by atoms with Crippen LogP contribution in [0.25, 0.3) is 0 Å². The van der Waals surface area contributed by atoms with Crippen LogP contribution in [-0.2, 0) is 14.3 Å². The van der Waals surface area contributed by atoms with Crippen LogP contribution in [0, 0.1) is 0 Å². The molecule has 2 aliphatic heterocycles. The first-order valence-corrected chi connectivity index (χ1v) is 5.17. The number of methoxy groups -OCH3 is 1. The Morgan fingerprint density at radius 2 is 2.43 bits per heavy atom. The van der Waals surface area contributed by atoms with Crippen molar-refractivity contribution in [1.29, 1.82) is 0 Å². The third-order valence-corrected chi connectivity index (χ3v) is 3.10. The second-order valence-electron chi connectivity index (χ2n) is 3.96. The fraction of sp³-hybridized carbons (Fsp3) is 0.900. The van der Waals surface area contributed by atoms with Crippen molar-refractivity contribution in [2.75, 3.05) is 33.4 Å². The molecule has 2 aliphatic rings. The summed E-state index contributed by atoms with van der Waals surface area (Å²) in [6, 6.07) is 0.375. The smallest absolute Gasteiger partial charge is 0.148 e. The minimum Gasteiger partial charge on any atom is -0.379 e. The van der Waals surface area contributed by atoms with Crippen molar-refractivity contribution >= 4 is 5.78 Å². The van der Waals surface area contributed by atoms with Gasteiger partial charge in [-0.1, -0.05) is 0 Å². The number of Topliss-reactive ketones (excluding diaryl/α,β-unsaturated/α-hetero) is 1. The monoisotopic (exact) mass is 199 g/mol. The number of ketones is 1. The maximum atomic E-state index is 11.2. The Labute approximate surface area is 84.2 Å². The average Bonchev–Trinajstić information content (AvgIpc) is 2.65. The zero-order valence-corrected chi connectivity index (χ0v) is 8.57. The highest BCUT2D eigenvalue weighted by atomic mass is 16.5. The SMILES string of the molecule is COC1COCCC1N1CCC(=O)C1. The molecule has 0 amide bonds. The van der Waals surface area contributed by atoms with Crippen LogP contribution < -0.4 is 0 Å². The van der Waals surface area contributed by atoms with E-state index in [1.807, 2.05) is 0 Å². The summed E-state index contributed by atoms with van der Waals surface area (Å²) in [7, 11) is 1.71. The van der Waals surface area contributed by atoms with Crippen LogP contribution in [-0.4, -0.2) is 56.2 Å². The Kier molecular flexibility index (Phi) is 3.15. The predicted molar refractivity (Wildman–Crippen MR) is 51.2 cm³/mol. The zero-order chi connectivity index (χ0) is 9.97. The second kappa shape index (κ2) is 4.38. The summed E-state index contributed by atoms with van der Waals surface area (Å²) >= 11 is 0. The van der Waals surface area contributed by atoms with Gasteiger partial charge in [0.2, 0.25) is 0 Å². The van der Waals surface area contributed by atoms with Gasteiger partial charge in [0, 0.05) is 32.7 Å². The van der Waals surface area contributed by atoms with Gasteiger partial charge in [0.25, 0.3) is 0 Å². The fourth-order valence-corrected chi connectivity index (χ4v) is 2.28. The summed E-state index contributed by atoms with van der Waals surface area (Å²) in [6.07, 6.45) is 1.81. The van der Waals surface area contributed by atoms with Gasteiger partial charge in [0.15, 0.2) is 0 Å². The van der Waals surface area contributed by atoms with Crippen molar-refractivity contribution in [3.63, 3.8) is 0 Å². The number of hydrogen-bond acceptors (Lipinski definition) is 4. The van der Waals surface area contributed by atoms with Crippen LogP contribution in [0.15, 0.2) is 0 Å². The summed E-state index contributed by atoms with van der Waals surface area (Å²) in [5, 5.41) is 0. The lowest BCUT2D eigenvalue weighted by Crippen LogP contribution is -2.49. The highest BCUT2D eigenvalue weighted by molar-refractivity contribution is 5.82. The maximum absolute atomic E-state index is 11.2. The molecule has 0 aromatic heterocycles. The Morgan fingerprint density at radius 3 is 3.07 bits per heavy atom. The highest BCUT2D eigenvalue weighted by Gasteiger charge is 2.34. The van der Waals surface area contributed by atoms with Gasteiger partial charge in [-0.15, -0.1) is 0 Å². The van der Waals surface area contributed by atoms with Crippen molar-refractivity contribution < 1.29 is 14.3 Å². The molecule has 0 spiro atoms. The average molecular weight is 199 g/mol. The topological polar surface area (TPSA) is 38.8 Å². The maximum Gasteiger partial charge on any atom is 0.148 e. The van der Waals surface area contributed by atoms with Gasteiger partial charge in [0.1, 0.15) is 5.78 Å². The third kappa shape index (κ3) is 1.97. The van der Waals surface area contributed by atoms with E-state index < -0.39 is 0 Å². The van der Waals surface area contributed by atoms with Gasteiger partial charge in [0.05, 0.1) is 19.3 Å². The molecule has 80 valence electrons. The first kappa shape index (κ1) is 10.1. The number of likely N-dealkylation sites (tertiary alicyclic amines) is 1. The minimum absolute atomic E-state index is 0.134. The molecule has 0 bridgehead atoms. The lowest BCUT2D eigenvalue weighted by Gasteiger charge is -2.36. The molecular formula is C10H17NO3. The summed E-state index contributed by atoms with van der Waals surface area (Å²) in [5.41, 5.74) is 0. The van der Waals surface area contributed by atoms with Crippen LogP contribution >= 0.6 is 0 Å². The molecule has 0 aromatic rings. The number of ether oxygens (including phenoxy) is 2. The minimum atomic E-state index is 0.134. The lowest BCUT2D eigenvalue weighted by atomic mass is 10.0. The summed E-state index contributed by atoms with van der Waals surface area (Å²) < 4.78 is 10.7. The van der Waals surface area contributed by atoms with E-state index in [0.29, 0.717) is 31.4 Å². The van der Waals surface area contributed by atoms with Gasteiger partial charge in [-0.2, -0.15) is 0 Å². The molecule has 2 rings (SSSR count). The second-order valence-corrected chi connectivity index (χ2v) is 3.96. The van der Waals surface area contributed by atoms with E-state index in [1.54, 1.807) is 7.11 Å². The number of carbonyl (C=O) groups is 1. The number of nitrogens with zero attached hydrogens (tertiary/aromatic N) is 1. The van der Waals surface area contributed by atoms with Crippen molar-refractivity contribution in [3.8, 4) is 0 Å². The molecule has 0 aromatic carbocycles. The largest absolute Gasteiger partial charge is 0.379 e. The quantitative estimate of drug-likeness (QED) is 0.630. The number of rotatable bonds is 2.